The number of nitrogens with one attached hydrogen (secondary N) is 1. The molecule has 1 heterocycles. The Balaban J connectivity index is 2.24. The van der Waals surface area contributed by atoms with E-state index in [0.29, 0.717) is 11.3 Å². The number of hydrogen-bond donors (Lipinski definition) is 1. The van der Waals surface area contributed by atoms with E-state index in [1.54, 1.807) is 13.8 Å². The number of amides is 1. The monoisotopic (exact) mass is 338 g/mol. The number of benzene rings is 1. The van der Waals surface area contributed by atoms with Crippen molar-refractivity contribution < 1.29 is 4.79 Å². The van der Waals surface area contributed by atoms with Crippen LogP contribution in [0, 0.1) is 31.1 Å². The number of carbonyl (C=O) groups excluding carboxylic acids is 1. The summed E-state index contributed by atoms with van der Waals surface area (Å²) in [6.07, 6.45) is 0. The van der Waals surface area contributed by atoms with Gasteiger partial charge in [0, 0.05) is 0 Å². The molecule has 0 aliphatic carbocycles. The molecule has 0 radical (unpaired) electrons. The Morgan fingerprint density at radius 1 is 1.28 bits per heavy atom. The zero-order valence-corrected chi connectivity index (χ0v) is 14.9. The lowest BCUT2D eigenvalue weighted by Crippen LogP contribution is -2.38. The van der Waals surface area contributed by atoms with Gasteiger partial charge in [0.05, 0.1) is 11.7 Å². The number of aryl methyl sites for hydroxylation is 1. The highest BCUT2D eigenvalue weighted by atomic mass is 16.2. The lowest BCUT2D eigenvalue weighted by molar-refractivity contribution is -0.123. The average Bonchev–Trinajstić information content (AvgIpc) is 2.58. The first-order chi connectivity index (χ1) is 11.8. The molecule has 1 atom stereocenters. The zero-order chi connectivity index (χ0) is 18.6. The second-order valence-electron chi connectivity index (χ2n) is 6.36. The van der Waals surface area contributed by atoms with E-state index in [1.807, 2.05) is 50.2 Å². The summed E-state index contributed by atoms with van der Waals surface area (Å²) in [5, 5.41) is 16.3. The molecule has 1 aromatic heterocycles. The van der Waals surface area contributed by atoms with Crippen molar-refractivity contribution in [1.29, 1.82) is 5.26 Å². The minimum Gasteiger partial charge on any atom is -0.347 e. The van der Waals surface area contributed by atoms with Crippen molar-refractivity contribution in [2.24, 2.45) is 5.92 Å². The minimum atomic E-state index is -0.540. The molecule has 0 saturated carbocycles. The van der Waals surface area contributed by atoms with Crippen molar-refractivity contribution in [3.8, 4) is 6.07 Å². The number of hydrogen-bond acceptors (Lipinski definition) is 4. The number of aromatic nitrogens is 2. The van der Waals surface area contributed by atoms with Crippen LogP contribution in [-0.2, 0) is 11.3 Å². The molecule has 2 aromatic rings. The summed E-state index contributed by atoms with van der Waals surface area (Å²) in [6, 6.07) is 11.4. The van der Waals surface area contributed by atoms with Gasteiger partial charge in [0.1, 0.15) is 18.2 Å². The Morgan fingerprint density at radius 2 is 1.92 bits per heavy atom. The van der Waals surface area contributed by atoms with Crippen LogP contribution in [0.4, 0.5) is 0 Å². The molecular formula is C19H22N4O2. The Labute approximate surface area is 147 Å². The van der Waals surface area contributed by atoms with E-state index in [0.717, 1.165) is 10.2 Å². The second-order valence-corrected chi connectivity index (χ2v) is 6.36. The molecule has 0 saturated heterocycles. The highest BCUT2D eigenvalue weighted by molar-refractivity contribution is 5.76. The standard InChI is InChI=1S/C19H22N4O2/c1-12(2)18(15-8-6-5-7-9-15)21-17(24)11-23-19(25)16(10-20)13(3)14(4)22-23/h5-9,12,18H,11H2,1-4H3,(H,21,24)/t18-/m1/s1. The van der Waals surface area contributed by atoms with Crippen LogP contribution in [0.2, 0.25) is 0 Å². The average molecular weight is 338 g/mol. The molecule has 130 valence electrons. The molecule has 25 heavy (non-hydrogen) atoms. The molecule has 2 rings (SSSR count). The van der Waals surface area contributed by atoms with Gasteiger partial charge in [-0.05, 0) is 30.9 Å². The van der Waals surface area contributed by atoms with Crippen LogP contribution in [-0.4, -0.2) is 15.7 Å². The van der Waals surface area contributed by atoms with Gasteiger partial charge in [-0.25, -0.2) is 4.68 Å². The summed E-state index contributed by atoms with van der Waals surface area (Å²) < 4.78 is 1.05. The highest BCUT2D eigenvalue weighted by Crippen LogP contribution is 2.21. The van der Waals surface area contributed by atoms with Crippen LogP contribution in [0.15, 0.2) is 35.1 Å². The molecule has 1 N–H and O–H groups in total. The van der Waals surface area contributed by atoms with Crippen LogP contribution < -0.4 is 10.9 Å². The molecule has 1 amide bonds. The third-order valence-electron chi connectivity index (χ3n) is 4.18. The van der Waals surface area contributed by atoms with Gasteiger partial charge in [-0.2, -0.15) is 10.4 Å². The largest absolute Gasteiger partial charge is 0.347 e. The van der Waals surface area contributed by atoms with Crippen molar-refractivity contribution in [3.63, 3.8) is 0 Å². The van der Waals surface area contributed by atoms with Crippen molar-refractivity contribution >= 4 is 5.91 Å². The first kappa shape index (κ1) is 18.4. The third-order valence-corrected chi connectivity index (χ3v) is 4.18. The number of nitrogens with zero attached hydrogens (tertiary/aromatic N) is 3. The molecule has 0 spiro atoms. The Kier molecular flexibility index (Phi) is 5.71. The molecule has 6 nitrogen and oxygen atoms in total. The Morgan fingerprint density at radius 3 is 2.48 bits per heavy atom. The van der Waals surface area contributed by atoms with Gasteiger partial charge in [-0.15, -0.1) is 0 Å². The fourth-order valence-corrected chi connectivity index (χ4v) is 2.66. The van der Waals surface area contributed by atoms with E-state index in [4.69, 9.17) is 5.26 Å². The van der Waals surface area contributed by atoms with Crippen molar-refractivity contribution in [2.45, 2.75) is 40.3 Å². The maximum atomic E-state index is 12.5. The fraction of sp³-hybridized carbons (Fsp3) is 0.368. The number of carbonyl (C=O) groups is 1. The van der Waals surface area contributed by atoms with Crippen LogP contribution in [0.25, 0.3) is 0 Å². The fourth-order valence-electron chi connectivity index (χ4n) is 2.66. The summed E-state index contributed by atoms with van der Waals surface area (Å²) >= 11 is 0. The summed E-state index contributed by atoms with van der Waals surface area (Å²) in [7, 11) is 0. The van der Waals surface area contributed by atoms with Crippen LogP contribution in [0.1, 0.15) is 42.3 Å². The predicted octanol–water partition coefficient (Wildman–Crippen LogP) is 2.25. The Bertz CT molecular complexity index is 863. The second kappa shape index (κ2) is 7.75. The van der Waals surface area contributed by atoms with Gasteiger partial charge in [0.25, 0.3) is 5.56 Å². The quantitative estimate of drug-likeness (QED) is 0.905. The summed E-state index contributed by atoms with van der Waals surface area (Å²) in [4.78, 5) is 24.8. The molecule has 1 aromatic carbocycles. The summed E-state index contributed by atoms with van der Waals surface area (Å²) in [5.41, 5.74) is 1.61. The van der Waals surface area contributed by atoms with E-state index < -0.39 is 5.56 Å². The highest BCUT2D eigenvalue weighted by Gasteiger charge is 2.20. The normalized spacial score (nSPS) is 11.8. The van der Waals surface area contributed by atoms with Gasteiger partial charge in [-0.1, -0.05) is 44.2 Å². The van der Waals surface area contributed by atoms with Crippen molar-refractivity contribution in [2.75, 3.05) is 0 Å². The predicted molar refractivity (Wildman–Crippen MR) is 94.8 cm³/mol. The minimum absolute atomic E-state index is 0.0313. The molecule has 0 unspecified atom stereocenters. The summed E-state index contributed by atoms with van der Waals surface area (Å²) in [6.45, 7) is 7.21. The first-order valence-corrected chi connectivity index (χ1v) is 8.17. The molecule has 6 heteroatoms. The molecule has 0 fully saturated rings. The van der Waals surface area contributed by atoms with Crippen molar-refractivity contribution in [1.82, 2.24) is 15.1 Å². The lowest BCUT2D eigenvalue weighted by atomic mass is 9.96. The molecule has 0 bridgehead atoms. The topological polar surface area (TPSA) is 87.8 Å². The van der Waals surface area contributed by atoms with Gasteiger partial charge >= 0.3 is 0 Å². The van der Waals surface area contributed by atoms with E-state index >= 15 is 0 Å². The molecule has 0 aliphatic rings. The molecule has 0 aliphatic heterocycles. The lowest BCUT2D eigenvalue weighted by Gasteiger charge is -2.23. The van der Waals surface area contributed by atoms with Crippen LogP contribution >= 0.6 is 0 Å². The van der Waals surface area contributed by atoms with Gasteiger partial charge in [-0.3, -0.25) is 9.59 Å². The van der Waals surface area contributed by atoms with Gasteiger partial charge in [0.2, 0.25) is 5.91 Å². The van der Waals surface area contributed by atoms with Gasteiger partial charge in [0.15, 0.2) is 0 Å². The first-order valence-electron chi connectivity index (χ1n) is 8.17. The zero-order valence-electron chi connectivity index (χ0n) is 14.9. The summed E-state index contributed by atoms with van der Waals surface area (Å²) in [5.74, 6) is -0.130. The van der Waals surface area contributed by atoms with E-state index in [-0.39, 0.29) is 30.0 Å². The van der Waals surface area contributed by atoms with Crippen LogP contribution in [0.5, 0.6) is 0 Å². The van der Waals surface area contributed by atoms with E-state index in [1.165, 1.54) is 0 Å². The number of nitriles is 1. The van der Waals surface area contributed by atoms with Gasteiger partial charge < -0.3 is 5.32 Å². The third kappa shape index (κ3) is 4.13. The number of rotatable bonds is 5. The van der Waals surface area contributed by atoms with E-state index in [9.17, 15) is 9.59 Å². The van der Waals surface area contributed by atoms with Crippen molar-refractivity contribution in [3.05, 3.63) is 63.1 Å². The van der Waals surface area contributed by atoms with Crippen LogP contribution in [0.3, 0.4) is 0 Å². The van der Waals surface area contributed by atoms with E-state index in [2.05, 4.69) is 10.4 Å². The Hall–Kier alpha value is -2.94. The SMILES string of the molecule is Cc1nn(CC(=O)N[C@@H](c2ccccc2)C(C)C)c(=O)c(C#N)c1C. The maximum absolute atomic E-state index is 12.5. The molecular weight excluding hydrogens is 316 g/mol. The maximum Gasteiger partial charge on any atom is 0.285 e. The smallest absolute Gasteiger partial charge is 0.285 e.